The molecule has 4 aromatic heterocycles. The maximum atomic E-state index is 5.91. The lowest BCUT2D eigenvalue weighted by molar-refractivity contribution is 0.773. The van der Waals surface area contributed by atoms with Crippen molar-refractivity contribution in [3.05, 3.63) is 181 Å². The van der Waals surface area contributed by atoms with Gasteiger partial charge >= 0.3 is 0 Å². The molecule has 8 aromatic carbocycles. The number of nitrogens with zero attached hydrogens (tertiary/aromatic N) is 4. The third-order valence-electron chi connectivity index (χ3n) is 12.6. The van der Waals surface area contributed by atoms with Gasteiger partial charge in [-0.25, -0.2) is 4.99 Å². The Hall–Kier alpha value is -7.17. The minimum absolute atomic E-state index is 0.284. The highest BCUT2D eigenvalue weighted by atomic mass is 15.2. The molecule has 0 N–H and O–H groups in total. The Labute approximate surface area is 321 Å². The second-order valence-electron chi connectivity index (χ2n) is 15.5. The van der Waals surface area contributed by atoms with Crippen LogP contribution in [0.25, 0.3) is 98.3 Å². The maximum absolute atomic E-state index is 5.91. The molecule has 4 nitrogen and oxygen atoms in total. The summed E-state index contributed by atoms with van der Waals surface area (Å²) in [6.45, 7) is 2.36. The van der Waals surface area contributed by atoms with Gasteiger partial charge in [-0.2, -0.15) is 0 Å². The highest BCUT2D eigenvalue weighted by Gasteiger charge is 2.28. The van der Waals surface area contributed by atoms with Crippen LogP contribution in [-0.2, 0) is 0 Å². The van der Waals surface area contributed by atoms with Gasteiger partial charge in [-0.3, -0.25) is 9.13 Å². The summed E-state index contributed by atoms with van der Waals surface area (Å²) in [5.74, 6) is 2.18. The first-order chi connectivity index (χ1) is 27.7. The Balaban J connectivity index is 1.25. The molecule has 0 saturated heterocycles. The fourth-order valence-electron chi connectivity index (χ4n) is 10.2. The first kappa shape index (κ1) is 30.2. The zero-order valence-corrected chi connectivity index (χ0v) is 30.7. The van der Waals surface area contributed by atoms with E-state index in [0.717, 1.165) is 34.6 Å². The van der Waals surface area contributed by atoms with Gasteiger partial charge < -0.3 is 4.40 Å². The van der Waals surface area contributed by atoms with E-state index in [-0.39, 0.29) is 5.92 Å². The quantitative estimate of drug-likeness (QED) is 0.162. The number of rotatable bonds is 1. The second kappa shape index (κ2) is 11.0. The molecule has 0 bridgehead atoms. The highest BCUT2D eigenvalue weighted by Crippen LogP contribution is 2.48. The molecule has 1 unspecified atom stereocenters. The zero-order chi connectivity index (χ0) is 36.6. The number of hydrogen-bond acceptors (Lipinski definition) is 1. The molecular weight excluding hydrogens is 681 g/mol. The molecule has 0 amide bonds. The van der Waals surface area contributed by atoms with Crippen LogP contribution in [-0.4, -0.2) is 19.4 Å². The molecule has 5 heterocycles. The third kappa shape index (κ3) is 3.80. The van der Waals surface area contributed by atoms with Crippen LogP contribution in [0.2, 0.25) is 0 Å². The lowest BCUT2D eigenvalue weighted by Gasteiger charge is -2.23. The van der Waals surface area contributed by atoms with Gasteiger partial charge in [0.25, 0.3) is 0 Å². The number of benzene rings is 8. The van der Waals surface area contributed by atoms with Gasteiger partial charge in [0, 0.05) is 48.7 Å². The molecule has 4 heteroatoms. The molecule has 0 spiro atoms. The van der Waals surface area contributed by atoms with Crippen LogP contribution in [0, 0.1) is 0 Å². The summed E-state index contributed by atoms with van der Waals surface area (Å²) in [6.07, 6.45) is 3.24. The minimum Gasteiger partial charge on any atom is -0.308 e. The lowest BCUT2D eigenvalue weighted by atomic mass is 9.91. The summed E-state index contributed by atoms with van der Waals surface area (Å²) in [4.78, 5) is 5.91. The predicted molar refractivity (Wildman–Crippen MR) is 237 cm³/mol. The Bertz CT molecular complexity index is 3640. The summed E-state index contributed by atoms with van der Waals surface area (Å²) >= 11 is 0. The Morgan fingerprint density at radius 2 is 1.05 bits per heavy atom. The average Bonchev–Trinajstić information content (AvgIpc) is 3.97. The van der Waals surface area contributed by atoms with E-state index in [0.29, 0.717) is 0 Å². The van der Waals surface area contributed by atoms with Crippen molar-refractivity contribution in [1.29, 1.82) is 0 Å². The average molecular weight is 715 g/mol. The van der Waals surface area contributed by atoms with Gasteiger partial charge in [0.15, 0.2) is 0 Å². The van der Waals surface area contributed by atoms with Gasteiger partial charge in [0.2, 0.25) is 0 Å². The van der Waals surface area contributed by atoms with Crippen LogP contribution in [0.15, 0.2) is 175 Å². The molecule has 12 aromatic rings. The fourth-order valence-corrected chi connectivity index (χ4v) is 10.2. The Morgan fingerprint density at radius 3 is 1.80 bits per heavy atom. The van der Waals surface area contributed by atoms with Crippen LogP contribution < -0.4 is 0 Å². The molecule has 0 aliphatic carbocycles. The summed E-state index contributed by atoms with van der Waals surface area (Å²) < 4.78 is 7.40. The fraction of sp³-hybridized carbons (Fsp3) is 0.0577. The molecule has 262 valence electrons. The highest BCUT2D eigenvalue weighted by molar-refractivity contribution is 6.38. The summed E-state index contributed by atoms with van der Waals surface area (Å²) in [6, 6.07) is 60.3. The molecule has 13 rings (SSSR count). The van der Waals surface area contributed by atoms with E-state index in [9.17, 15) is 0 Å². The van der Waals surface area contributed by atoms with Crippen molar-refractivity contribution in [3.63, 3.8) is 0 Å². The first-order valence-electron chi connectivity index (χ1n) is 19.6. The molecule has 56 heavy (non-hydrogen) atoms. The standard InChI is InChI=1S/C52H34N4/c1-31-26-29-47(54-42-22-10-6-17-35(42)36-18-7-11-23-43(36)54)53-52(38-20-5-4-15-33(31)38)56-44-24-12-8-19-37(44)40-30-41-48-34-16-3-2-14-32(34)27-28-46(48)55-45-25-13-9-21-39(45)49(50(40)56)51(41)55/h2-25,27-31H,26H2,1H3/b47-29-,53-52+. The molecular formula is C52H34N4. The smallest absolute Gasteiger partial charge is 0.147 e. The number of para-hydroxylation sites is 4. The van der Waals surface area contributed by atoms with E-state index in [1.165, 1.54) is 87.1 Å². The van der Waals surface area contributed by atoms with Crippen LogP contribution in [0.1, 0.15) is 30.4 Å². The van der Waals surface area contributed by atoms with Gasteiger partial charge in [0.1, 0.15) is 11.7 Å². The number of aliphatic imine (C=N–C) groups is 1. The summed E-state index contributed by atoms with van der Waals surface area (Å²) in [5.41, 5.74) is 10.9. The van der Waals surface area contributed by atoms with Crippen molar-refractivity contribution in [1.82, 2.24) is 13.5 Å². The van der Waals surface area contributed by atoms with E-state index in [2.05, 4.69) is 190 Å². The maximum Gasteiger partial charge on any atom is 0.147 e. The van der Waals surface area contributed by atoms with E-state index in [1.54, 1.807) is 0 Å². The molecule has 1 atom stereocenters. The Morgan fingerprint density at radius 1 is 0.464 bits per heavy atom. The third-order valence-corrected chi connectivity index (χ3v) is 12.6. The van der Waals surface area contributed by atoms with Crippen molar-refractivity contribution in [2.75, 3.05) is 0 Å². The van der Waals surface area contributed by atoms with Crippen LogP contribution in [0.3, 0.4) is 0 Å². The van der Waals surface area contributed by atoms with Crippen molar-refractivity contribution < 1.29 is 0 Å². The van der Waals surface area contributed by atoms with Crippen molar-refractivity contribution in [2.24, 2.45) is 4.99 Å². The van der Waals surface area contributed by atoms with E-state index >= 15 is 0 Å². The van der Waals surface area contributed by atoms with E-state index in [4.69, 9.17) is 4.99 Å². The number of aromatic nitrogens is 3. The topological polar surface area (TPSA) is 26.6 Å². The molecule has 1 aliphatic rings. The van der Waals surface area contributed by atoms with E-state index in [1.807, 2.05) is 0 Å². The summed E-state index contributed by atoms with van der Waals surface area (Å²) in [7, 11) is 0. The molecule has 0 radical (unpaired) electrons. The molecule has 1 aliphatic heterocycles. The van der Waals surface area contributed by atoms with Crippen molar-refractivity contribution in [3.8, 4) is 0 Å². The van der Waals surface area contributed by atoms with Gasteiger partial charge in [-0.1, -0.05) is 134 Å². The zero-order valence-electron chi connectivity index (χ0n) is 30.7. The lowest BCUT2D eigenvalue weighted by Crippen LogP contribution is -2.19. The van der Waals surface area contributed by atoms with Crippen molar-refractivity contribution >= 4 is 104 Å². The molecule has 0 saturated carbocycles. The normalized spacial score (nSPS) is 17.1. The summed E-state index contributed by atoms with van der Waals surface area (Å²) in [5, 5.41) is 12.6. The first-order valence-corrected chi connectivity index (χ1v) is 19.6. The van der Waals surface area contributed by atoms with Crippen molar-refractivity contribution in [2.45, 2.75) is 19.3 Å². The monoisotopic (exact) mass is 714 g/mol. The van der Waals surface area contributed by atoms with Crippen LogP contribution in [0.5, 0.6) is 0 Å². The second-order valence-corrected chi connectivity index (χ2v) is 15.5. The van der Waals surface area contributed by atoms with Gasteiger partial charge in [-0.15, -0.1) is 0 Å². The largest absolute Gasteiger partial charge is 0.308 e. The van der Waals surface area contributed by atoms with Crippen LogP contribution >= 0.6 is 0 Å². The van der Waals surface area contributed by atoms with E-state index < -0.39 is 0 Å². The number of allylic oxidation sites excluding steroid dienone is 1. The SMILES string of the molecule is CC1C/C=C(n2c3ccccc3c3ccccc32)/N=C(/n2c3ccccc3c3cc4c5c6ccccc6ccc5n5c6ccccc6c(c32)c45)c2ccccc21. The predicted octanol–water partition coefficient (Wildman–Crippen LogP) is 13.5. The minimum atomic E-state index is 0.284. The molecule has 0 fully saturated rings. The van der Waals surface area contributed by atoms with Gasteiger partial charge in [0.05, 0.1) is 38.6 Å². The number of fused-ring (bicyclic) bond motifs is 16. The van der Waals surface area contributed by atoms with Crippen LogP contribution in [0.4, 0.5) is 0 Å². The number of hydrogen-bond donors (Lipinski definition) is 0. The Kier molecular flexibility index (Phi) is 5.91. The van der Waals surface area contributed by atoms with Gasteiger partial charge in [-0.05, 0) is 71.1 Å².